The fourth-order valence-electron chi connectivity index (χ4n) is 5.61. The minimum atomic E-state index is -0.344. The standard InChI is InChI=1S/C25H27ClN4O2.2ClH/c26-18-5-6-20-21(15-30(22(20)13-18)14-19-4-2-9-27-19)24(31)29-11-7-25(8-12-29)23-17(16-32-25)3-1-10-28-23;;/h1,3,5-6,10,13,15,19,27H,2,4,7-9,11-12,14,16H2;2*1H/t19-;;/m0../s1. The summed E-state index contributed by atoms with van der Waals surface area (Å²) in [5.41, 5.74) is 3.68. The molecule has 2 aromatic heterocycles. The lowest BCUT2D eigenvalue weighted by atomic mass is 9.87. The van der Waals surface area contributed by atoms with Gasteiger partial charge in [0.15, 0.2) is 0 Å². The highest BCUT2D eigenvalue weighted by Gasteiger charge is 2.44. The van der Waals surface area contributed by atoms with Crippen LogP contribution < -0.4 is 5.32 Å². The summed E-state index contributed by atoms with van der Waals surface area (Å²) >= 11 is 6.31. The largest absolute Gasteiger partial charge is 0.364 e. The second-order valence-corrected chi connectivity index (χ2v) is 9.67. The molecule has 9 heteroatoms. The highest BCUT2D eigenvalue weighted by Crippen LogP contribution is 2.43. The summed E-state index contributed by atoms with van der Waals surface area (Å²) in [6.45, 7) is 3.86. The maximum atomic E-state index is 13.6. The van der Waals surface area contributed by atoms with E-state index >= 15 is 0 Å². The number of carbonyl (C=O) groups excluding carboxylic acids is 1. The summed E-state index contributed by atoms with van der Waals surface area (Å²) in [5.74, 6) is 0.0875. The van der Waals surface area contributed by atoms with Crippen molar-refractivity contribution in [3.63, 3.8) is 0 Å². The number of pyridine rings is 1. The second-order valence-electron chi connectivity index (χ2n) is 9.24. The minimum absolute atomic E-state index is 0. The van der Waals surface area contributed by atoms with Gasteiger partial charge in [-0.1, -0.05) is 23.7 Å². The quantitative estimate of drug-likeness (QED) is 0.528. The predicted octanol–water partition coefficient (Wildman–Crippen LogP) is 4.95. The first-order chi connectivity index (χ1) is 15.6. The molecule has 3 aliphatic heterocycles. The van der Waals surface area contributed by atoms with Crippen LogP contribution in [-0.2, 0) is 23.5 Å². The SMILES string of the molecule is Cl.Cl.O=C(c1cn(C[C@@H]2CCCN2)c2cc(Cl)ccc12)N1CCC2(CC1)OCc1cccnc12. The molecule has 5 heterocycles. The number of carbonyl (C=O) groups is 1. The molecule has 1 aromatic carbocycles. The van der Waals surface area contributed by atoms with Crippen LogP contribution >= 0.6 is 36.4 Å². The lowest BCUT2D eigenvalue weighted by Crippen LogP contribution is -2.45. The fraction of sp³-hybridized carbons (Fsp3) is 0.440. The zero-order chi connectivity index (χ0) is 21.7. The van der Waals surface area contributed by atoms with Crippen molar-refractivity contribution in [3.8, 4) is 0 Å². The van der Waals surface area contributed by atoms with Crippen LogP contribution in [0, 0.1) is 0 Å². The summed E-state index contributed by atoms with van der Waals surface area (Å²) in [6, 6.07) is 10.3. The molecule has 1 spiro atoms. The Morgan fingerprint density at radius 1 is 1.24 bits per heavy atom. The zero-order valence-corrected chi connectivity index (χ0v) is 21.2. The Labute approximate surface area is 216 Å². The van der Waals surface area contributed by atoms with E-state index in [1.54, 1.807) is 0 Å². The van der Waals surface area contributed by atoms with Gasteiger partial charge in [0.2, 0.25) is 0 Å². The number of nitrogens with one attached hydrogen (secondary N) is 1. The first-order valence-corrected chi connectivity index (χ1v) is 11.9. The molecule has 0 radical (unpaired) electrons. The van der Waals surface area contributed by atoms with Gasteiger partial charge in [-0.25, -0.2) is 0 Å². The predicted molar refractivity (Wildman–Crippen MR) is 138 cm³/mol. The fourth-order valence-corrected chi connectivity index (χ4v) is 5.77. The average molecular weight is 524 g/mol. The highest BCUT2D eigenvalue weighted by molar-refractivity contribution is 6.31. The molecule has 1 atom stereocenters. The molecule has 34 heavy (non-hydrogen) atoms. The lowest BCUT2D eigenvalue weighted by Gasteiger charge is -2.38. The maximum Gasteiger partial charge on any atom is 0.256 e. The second kappa shape index (κ2) is 10.0. The molecule has 1 N–H and O–H groups in total. The number of aromatic nitrogens is 2. The molecule has 0 aliphatic carbocycles. The van der Waals surface area contributed by atoms with Gasteiger partial charge in [0.25, 0.3) is 5.91 Å². The van der Waals surface area contributed by atoms with E-state index in [1.165, 1.54) is 12.0 Å². The first-order valence-electron chi connectivity index (χ1n) is 11.5. The zero-order valence-electron chi connectivity index (χ0n) is 18.8. The smallest absolute Gasteiger partial charge is 0.256 e. The van der Waals surface area contributed by atoms with Crippen LogP contribution in [0.4, 0.5) is 0 Å². The van der Waals surface area contributed by atoms with Crippen molar-refractivity contribution in [1.29, 1.82) is 0 Å². The Kier molecular flexibility index (Phi) is 7.46. The Morgan fingerprint density at radius 2 is 2.06 bits per heavy atom. The molecule has 2 saturated heterocycles. The normalized spacial score (nSPS) is 20.7. The number of hydrogen-bond donors (Lipinski definition) is 1. The molecule has 0 saturated carbocycles. The van der Waals surface area contributed by atoms with Crippen molar-refractivity contribution < 1.29 is 9.53 Å². The molecule has 2 fully saturated rings. The Morgan fingerprint density at radius 3 is 2.82 bits per heavy atom. The molecule has 182 valence electrons. The van der Waals surface area contributed by atoms with Crippen LogP contribution in [0.25, 0.3) is 10.9 Å². The van der Waals surface area contributed by atoms with E-state index in [-0.39, 0.29) is 36.3 Å². The van der Waals surface area contributed by atoms with Crippen molar-refractivity contribution in [2.75, 3.05) is 19.6 Å². The van der Waals surface area contributed by atoms with Gasteiger partial charge in [-0.15, -0.1) is 24.8 Å². The van der Waals surface area contributed by atoms with Gasteiger partial charge in [0.1, 0.15) is 5.60 Å². The van der Waals surface area contributed by atoms with Crippen LogP contribution in [0.1, 0.15) is 47.3 Å². The summed E-state index contributed by atoms with van der Waals surface area (Å²) in [7, 11) is 0. The van der Waals surface area contributed by atoms with Gasteiger partial charge in [0, 0.05) is 54.0 Å². The monoisotopic (exact) mass is 522 g/mol. The van der Waals surface area contributed by atoms with Gasteiger partial charge < -0.3 is 19.5 Å². The number of hydrogen-bond acceptors (Lipinski definition) is 4. The summed E-state index contributed by atoms with van der Waals surface area (Å²) in [4.78, 5) is 20.2. The van der Waals surface area contributed by atoms with Crippen molar-refractivity contribution >= 4 is 53.2 Å². The number of rotatable bonds is 3. The van der Waals surface area contributed by atoms with Crippen LogP contribution in [0.15, 0.2) is 42.7 Å². The topological polar surface area (TPSA) is 59.4 Å². The van der Waals surface area contributed by atoms with Crippen molar-refractivity contribution in [2.24, 2.45) is 0 Å². The number of likely N-dealkylation sites (tertiary alicyclic amines) is 1. The van der Waals surface area contributed by atoms with Gasteiger partial charge in [-0.3, -0.25) is 9.78 Å². The van der Waals surface area contributed by atoms with Gasteiger partial charge >= 0.3 is 0 Å². The van der Waals surface area contributed by atoms with Crippen LogP contribution in [0.5, 0.6) is 0 Å². The van der Waals surface area contributed by atoms with E-state index in [1.807, 2.05) is 41.6 Å². The Balaban J connectivity index is 0.00000137. The molecule has 0 unspecified atom stereocenters. The number of nitrogens with zero attached hydrogens (tertiary/aromatic N) is 3. The average Bonchev–Trinajstić information content (AvgIpc) is 3.54. The molecular weight excluding hydrogens is 495 g/mol. The number of ether oxygens (including phenoxy) is 1. The van der Waals surface area contributed by atoms with E-state index in [0.29, 0.717) is 30.8 Å². The van der Waals surface area contributed by atoms with Crippen LogP contribution in [-0.4, -0.2) is 46.0 Å². The molecule has 0 bridgehead atoms. The maximum absolute atomic E-state index is 13.6. The molecule has 3 aromatic rings. The van der Waals surface area contributed by atoms with Crippen LogP contribution in [0.3, 0.4) is 0 Å². The van der Waals surface area contributed by atoms with Crippen molar-refractivity contribution in [2.45, 2.75) is 50.5 Å². The van der Waals surface area contributed by atoms with E-state index in [0.717, 1.165) is 54.5 Å². The Bertz CT molecular complexity index is 1180. The number of amides is 1. The molecule has 1 amide bonds. The minimum Gasteiger partial charge on any atom is -0.364 e. The third-order valence-corrected chi connectivity index (χ3v) is 7.57. The summed E-state index contributed by atoms with van der Waals surface area (Å²) in [5, 5.41) is 5.22. The summed E-state index contributed by atoms with van der Waals surface area (Å²) < 4.78 is 8.42. The summed E-state index contributed by atoms with van der Waals surface area (Å²) in [6.07, 6.45) is 7.78. The highest BCUT2D eigenvalue weighted by atomic mass is 35.5. The van der Waals surface area contributed by atoms with Crippen LogP contribution in [0.2, 0.25) is 5.02 Å². The molecular formula is C25H29Cl3N4O2. The van der Waals surface area contributed by atoms with Gasteiger partial charge in [-0.05, 0) is 50.4 Å². The lowest BCUT2D eigenvalue weighted by molar-refractivity contribution is -0.0762. The number of benzene rings is 1. The Hall–Kier alpha value is -1.83. The number of fused-ring (bicyclic) bond motifs is 3. The van der Waals surface area contributed by atoms with Crippen molar-refractivity contribution in [3.05, 3.63) is 64.6 Å². The van der Waals surface area contributed by atoms with E-state index in [4.69, 9.17) is 16.3 Å². The van der Waals surface area contributed by atoms with Gasteiger partial charge in [-0.2, -0.15) is 0 Å². The molecule has 6 nitrogen and oxygen atoms in total. The third kappa shape index (κ3) is 4.31. The third-order valence-electron chi connectivity index (χ3n) is 7.34. The number of piperidine rings is 1. The van der Waals surface area contributed by atoms with E-state index in [2.05, 4.69) is 20.9 Å². The first kappa shape index (κ1) is 25.3. The van der Waals surface area contributed by atoms with E-state index < -0.39 is 0 Å². The molecule has 6 rings (SSSR count). The van der Waals surface area contributed by atoms with Crippen molar-refractivity contribution in [1.82, 2.24) is 19.8 Å². The molecule has 3 aliphatic rings. The number of halogens is 3. The van der Waals surface area contributed by atoms with Gasteiger partial charge in [0.05, 0.1) is 23.4 Å². The van der Waals surface area contributed by atoms with E-state index in [9.17, 15) is 4.79 Å².